The van der Waals surface area contributed by atoms with Crippen LogP contribution in [0.2, 0.25) is 0 Å². The Morgan fingerprint density at radius 2 is 2.00 bits per heavy atom. The van der Waals surface area contributed by atoms with E-state index in [0.29, 0.717) is 12.6 Å². The lowest BCUT2D eigenvalue weighted by Gasteiger charge is -2.33. The van der Waals surface area contributed by atoms with Crippen molar-refractivity contribution in [3.63, 3.8) is 0 Å². The van der Waals surface area contributed by atoms with Crippen molar-refractivity contribution >= 4 is 28.4 Å². The standard InChI is InChI=1S/C16H22INO/c1-12-4-3-5-15(10-12)18(2)11-16(19)13-6-8-14(17)9-7-13/h6-9,12,15H,3-5,10-11H2,1-2H3. The summed E-state index contributed by atoms with van der Waals surface area (Å²) >= 11 is 2.26. The Labute approximate surface area is 129 Å². The van der Waals surface area contributed by atoms with Crippen LogP contribution in [0.1, 0.15) is 43.0 Å². The molecule has 0 saturated heterocycles. The van der Waals surface area contributed by atoms with Gasteiger partial charge in [0.2, 0.25) is 0 Å². The van der Waals surface area contributed by atoms with Gasteiger partial charge in [0.05, 0.1) is 6.54 Å². The molecule has 1 aliphatic rings. The minimum Gasteiger partial charge on any atom is -0.296 e. The predicted octanol–water partition coefficient (Wildman–Crippen LogP) is 3.98. The molecule has 0 bridgehead atoms. The maximum atomic E-state index is 12.2. The number of rotatable bonds is 4. The topological polar surface area (TPSA) is 20.3 Å². The van der Waals surface area contributed by atoms with Crippen LogP contribution < -0.4 is 0 Å². The van der Waals surface area contributed by atoms with Crippen molar-refractivity contribution in [2.75, 3.05) is 13.6 Å². The van der Waals surface area contributed by atoms with E-state index in [0.717, 1.165) is 11.5 Å². The summed E-state index contributed by atoms with van der Waals surface area (Å²) in [5.41, 5.74) is 0.830. The van der Waals surface area contributed by atoms with Crippen LogP contribution in [0.4, 0.5) is 0 Å². The third-order valence-corrected chi connectivity index (χ3v) is 4.81. The first-order chi connectivity index (χ1) is 9.06. The van der Waals surface area contributed by atoms with Crippen molar-refractivity contribution in [3.8, 4) is 0 Å². The smallest absolute Gasteiger partial charge is 0.176 e. The molecule has 3 heteroatoms. The van der Waals surface area contributed by atoms with E-state index in [-0.39, 0.29) is 5.78 Å². The van der Waals surface area contributed by atoms with Crippen LogP contribution in [-0.4, -0.2) is 30.3 Å². The lowest BCUT2D eigenvalue weighted by atomic mass is 9.86. The summed E-state index contributed by atoms with van der Waals surface area (Å²) in [6.45, 7) is 2.86. The second kappa shape index (κ2) is 6.84. The predicted molar refractivity (Wildman–Crippen MR) is 87.5 cm³/mol. The molecule has 1 aromatic rings. The maximum absolute atomic E-state index is 12.2. The minimum absolute atomic E-state index is 0.233. The van der Waals surface area contributed by atoms with Gasteiger partial charge in [-0.05, 0) is 60.5 Å². The van der Waals surface area contributed by atoms with E-state index in [1.165, 1.54) is 29.3 Å². The Balaban J connectivity index is 1.92. The van der Waals surface area contributed by atoms with E-state index in [2.05, 4.69) is 41.5 Å². The number of ketones is 1. The molecule has 0 N–H and O–H groups in total. The molecular weight excluding hydrogens is 349 g/mol. The first-order valence-electron chi connectivity index (χ1n) is 7.05. The molecule has 1 fully saturated rings. The SMILES string of the molecule is CC1CCCC(N(C)CC(=O)c2ccc(I)cc2)C1. The van der Waals surface area contributed by atoms with Crippen LogP contribution in [0.15, 0.2) is 24.3 Å². The highest BCUT2D eigenvalue weighted by Crippen LogP contribution is 2.26. The fraction of sp³-hybridized carbons (Fsp3) is 0.562. The van der Waals surface area contributed by atoms with Crippen molar-refractivity contribution in [2.24, 2.45) is 5.92 Å². The molecule has 1 saturated carbocycles. The van der Waals surface area contributed by atoms with Gasteiger partial charge in [-0.15, -0.1) is 0 Å². The number of hydrogen-bond acceptors (Lipinski definition) is 2. The van der Waals surface area contributed by atoms with Crippen LogP contribution in [0, 0.1) is 9.49 Å². The molecule has 2 rings (SSSR count). The van der Waals surface area contributed by atoms with Crippen LogP contribution in [0.5, 0.6) is 0 Å². The number of halogens is 1. The van der Waals surface area contributed by atoms with Gasteiger partial charge in [0, 0.05) is 15.2 Å². The van der Waals surface area contributed by atoms with Crippen molar-refractivity contribution in [3.05, 3.63) is 33.4 Å². The summed E-state index contributed by atoms with van der Waals surface area (Å²) in [6, 6.07) is 8.44. The molecule has 2 unspecified atom stereocenters. The van der Waals surface area contributed by atoms with Gasteiger partial charge < -0.3 is 0 Å². The highest BCUT2D eigenvalue weighted by atomic mass is 127. The molecule has 104 valence electrons. The normalized spacial score (nSPS) is 23.6. The molecule has 0 amide bonds. The molecule has 0 radical (unpaired) electrons. The van der Waals surface area contributed by atoms with Gasteiger partial charge in [0.15, 0.2) is 5.78 Å². The zero-order valence-electron chi connectivity index (χ0n) is 11.7. The molecule has 0 aliphatic heterocycles. The summed E-state index contributed by atoms with van der Waals surface area (Å²) in [5.74, 6) is 1.03. The number of likely N-dealkylation sites (N-methyl/N-ethyl adjacent to an activating group) is 1. The van der Waals surface area contributed by atoms with Crippen molar-refractivity contribution < 1.29 is 4.79 Å². The number of Topliss-reactive ketones (excluding diaryl/α,β-unsaturated/α-hetero) is 1. The van der Waals surface area contributed by atoms with E-state index in [9.17, 15) is 4.79 Å². The lowest BCUT2D eigenvalue weighted by Crippen LogP contribution is -2.38. The quantitative estimate of drug-likeness (QED) is 0.589. The van der Waals surface area contributed by atoms with E-state index in [1.54, 1.807) is 0 Å². The van der Waals surface area contributed by atoms with Gasteiger partial charge in [-0.3, -0.25) is 9.69 Å². The number of carbonyl (C=O) groups excluding carboxylic acids is 1. The Morgan fingerprint density at radius 1 is 1.32 bits per heavy atom. The van der Waals surface area contributed by atoms with Gasteiger partial charge >= 0.3 is 0 Å². The molecule has 0 aromatic heterocycles. The highest BCUT2D eigenvalue weighted by molar-refractivity contribution is 14.1. The maximum Gasteiger partial charge on any atom is 0.176 e. The Morgan fingerprint density at radius 3 is 2.63 bits per heavy atom. The summed E-state index contributed by atoms with van der Waals surface area (Å²) in [4.78, 5) is 14.5. The number of nitrogens with zero attached hydrogens (tertiary/aromatic N) is 1. The van der Waals surface area contributed by atoms with E-state index in [1.807, 2.05) is 24.3 Å². The molecule has 2 nitrogen and oxygen atoms in total. The Kier molecular flexibility index (Phi) is 5.39. The molecule has 2 atom stereocenters. The number of carbonyl (C=O) groups is 1. The number of benzene rings is 1. The average Bonchev–Trinajstić information content (AvgIpc) is 2.39. The molecule has 1 aromatic carbocycles. The second-order valence-electron chi connectivity index (χ2n) is 5.77. The average molecular weight is 371 g/mol. The van der Waals surface area contributed by atoms with E-state index < -0.39 is 0 Å². The Hall–Kier alpha value is -0.420. The van der Waals surface area contributed by atoms with Crippen LogP contribution in [0.25, 0.3) is 0 Å². The highest BCUT2D eigenvalue weighted by Gasteiger charge is 2.23. The third kappa shape index (κ3) is 4.28. The van der Waals surface area contributed by atoms with Crippen molar-refractivity contribution in [1.29, 1.82) is 0 Å². The van der Waals surface area contributed by atoms with Crippen molar-refractivity contribution in [2.45, 2.75) is 38.6 Å². The monoisotopic (exact) mass is 371 g/mol. The molecule has 0 spiro atoms. The first-order valence-corrected chi connectivity index (χ1v) is 8.13. The molecular formula is C16H22INO. The summed E-state index contributed by atoms with van der Waals surface area (Å²) in [5, 5.41) is 0. The van der Waals surface area contributed by atoms with Gasteiger partial charge in [0.25, 0.3) is 0 Å². The van der Waals surface area contributed by atoms with Gasteiger partial charge in [-0.25, -0.2) is 0 Å². The van der Waals surface area contributed by atoms with Gasteiger partial charge in [-0.1, -0.05) is 31.9 Å². The fourth-order valence-electron chi connectivity index (χ4n) is 2.89. The summed E-state index contributed by atoms with van der Waals surface area (Å²) < 4.78 is 1.17. The largest absolute Gasteiger partial charge is 0.296 e. The Bertz CT molecular complexity index is 429. The van der Waals surface area contributed by atoms with Crippen LogP contribution in [-0.2, 0) is 0 Å². The zero-order valence-corrected chi connectivity index (χ0v) is 13.9. The molecule has 0 heterocycles. The van der Waals surface area contributed by atoms with Crippen molar-refractivity contribution in [1.82, 2.24) is 4.90 Å². The van der Waals surface area contributed by atoms with E-state index >= 15 is 0 Å². The zero-order chi connectivity index (χ0) is 13.8. The molecule has 1 aliphatic carbocycles. The van der Waals surface area contributed by atoms with Crippen LogP contribution >= 0.6 is 22.6 Å². The van der Waals surface area contributed by atoms with Gasteiger partial charge in [0.1, 0.15) is 0 Å². The van der Waals surface area contributed by atoms with Gasteiger partial charge in [-0.2, -0.15) is 0 Å². The summed E-state index contributed by atoms with van der Waals surface area (Å²) in [7, 11) is 2.09. The fourth-order valence-corrected chi connectivity index (χ4v) is 3.24. The number of hydrogen-bond donors (Lipinski definition) is 0. The molecule has 19 heavy (non-hydrogen) atoms. The van der Waals surface area contributed by atoms with Crippen LogP contribution in [0.3, 0.4) is 0 Å². The minimum atomic E-state index is 0.233. The van der Waals surface area contributed by atoms with E-state index in [4.69, 9.17) is 0 Å². The first kappa shape index (κ1) is 15.0. The third-order valence-electron chi connectivity index (χ3n) is 4.09. The summed E-state index contributed by atoms with van der Waals surface area (Å²) in [6.07, 6.45) is 5.11. The second-order valence-corrected chi connectivity index (χ2v) is 7.02. The lowest BCUT2D eigenvalue weighted by molar-refractivity contribution is 0.0882.